The van der Waals surface area contributed by atoms with Gasteiger partial charge in [-0.1, -0.05) is 42.2 Å². The lowest BCUT2D eigenvalue weighted by atomic mass is 10.1. The van der Waals surface area contributed by atoms with E-state index in [-0.39, 0.29) is 17.4 Å². The summed E-state index contributed by atoms with van der Waals surface area (Å²) in [6, 6.07) is 13.6. The highest BCUT2D eigenvalue weighted by molar-refractivity contribution is 9.10. The zero-order chi connectivity index (χ0) is 26.9. The number of alkyl halides is 3. The molecule has 3 aromatic rings. The number of hydrogen-bond acceptors (Lipinski definition) is 7. The van der Waals surface area contributed by atoms with E-state index in [0.717, 1.165) is 17.8 Å². The predicted molar refractivity (Wildman–Crippen MR) is 141 cm³/mol. The molecule has 1 fully saturated rings. The Bertz CT molecular complexity index is 1460. The molecule has 0 radical (unpaired) electrons. The van der Waals surface area contributed by atoms with Crippen molar-refractivity contribution in [2.45, 2.75) is 6.18 Å². The number of amides is 1. The Morgan fingerprint density at radius 1 is 1.08 bits per heavy atom. The molecule has 1 amide bonds. The van der Waals surface area contributed by atoms with Gasteiger partial charge in [-0.15, -0.1) is 0 Å². The highest BCUT2D eigenvalue weighted by atomic mass is 79.9. The largest absolute Gasteiger partial charge is 0.495 e. The third-order valence-corrected chi connectivity index (χ3v) is 7.00. The highest BCUT2D eigenvalue weighted by Gasteiger charge is 2.35. The van der Waals surface area contributed by atoms with Crippen molar-refractivity contribution in [2.24, 2.45) is 0 Å². The minimum atomic E-state index is -4.74. The molecule has 1 aliphatic heterocycles. The van der Waals surface area contributed by atoms with Gasteiger partial charge in [0.05, 0.1) is 32.7 Å². The van der Waals surface area contributed by atoms with Gasteiger partial charge in [-0.3, -0.25) is 19.8 Å². The molecule has 0 unspecified atom stereocenters. The number of carbonyl (C=O) groups excluding carboxylic acids is 1. The summed E-state index contributed by atoms with van der Waals surface area (Å²) in [6.07, 6.45) is -3.12. The molecule has 190 valence electrons. The standard InChI is InChI=1S/C24H14BrF3N2O5S2/c1-34-19-5-3-2-4-16(19)29-22(31)21(37-23(29)36)11-13-6-8-18(15(25)10-13)35-20-9-7-14(24(26,27)28)12-17(20)30(32)33/h2-12H,1H3/b21-11+. The topological polar surface area (TPSA) is 81.9 Å². The van der Waals surface area contributed by atoms with Crippen LogP contribution < -0.4 is 14.4 Å². The average molecular weight is 611 g/mol. The maximum atomic E-state index is 13.1. The van der Waals surface area contributed by atoms with Gasteiger partial charge in [0.25, 0.3) is 5.91 Å². The fourth-order valence-corrected chi connectivity index (χ4v) is 5.13. The number of anilines is 1. The number of halogens is 4. The first-order valence-electron chi connectivity index (χ1n) is 10.2. The van der Waals surface area contributed by atoms with Gasteiger partial charge in [-0.25, -0.2) is 0 Å². The lowest BCUT2D eigenvalue weighted by Gasteiger charge is -2.17. The second-order valence-corrected chi connectivity index (χ2v) is 9.95. The van der Waals surface area contributed by atoms with E-state index in [2.05, 4.69) is 15.9 Å². The van der Waals surface area contributed by atoms with Crippen molar-refractivity contribution in [3.05, 3.63) is 91.3 Å². The van der Waals surface area contributed by atoms with E-state index < -0.39 is 22.4 Å². The van der Waals surface area contributed by atoms with E-state index in [1.807, 2.05) is 0 Å². The number of nitro groups is 1. The molecule has 0 spiro atoms. The number of hydrogen-bond donors (Lipinski definition) is 0. The lowest BCUT2D eigenvalue weighted by Crippen LogP contribution is -2.27. The zero-order valence-corrected chi connectivity index (χ0v) is 21.8. The van der Waals surface area contributed by atoms with E-state index >= 15 is 0 Å². The molecule has 3 aromatic carbocycles. The summed E-state index contributed by atoms with van der Waals surface area (Å²) in [5, 5.41) is 11.3. The van der Waals surface area contributed by atoms with E-state index in [9.17, 15) is 28.1 Å². The van der Waals surface area contributed by atoms with Gasteiger partial charge in [0, 0.05) is 6.07 Å². The number of benzene rings is 3. The van der Waals surface area contributed by atoms with Crippen molar-refractivity contribution in [1.29, 1.82) is 0 Å². The lowest BCUT2D eigenvalue weighted by molar-refractivity contribution is -0.385. The monoisotopic (exact) mass is 610 g/mol. The molecule has 0 N–H and O–H groups in total. The van der Waals surface area contributed by atoms with E-state index in [1.165, 1.54) is 18.1 Å². The molecule has 0 aliphatic carbocycles. The first kappa shape index (κ1) is 26.6. The van der Waals surface area contributed by atoms with Crippen molar-refractivity contribution in [1.82, 2.24) is 0 Å². The summed E-state index contributed by atoms with van der Waals surface area (Å²) >= 11 is 9.82. The molecule has 0 saturated carbocycles. The number of ether oxygens (including phenoxy) is 2. The normalized spacial score (nSPS) is 14.8. The zero-order valence-electron chi connectivity index (χ0n) is 18.6. The molecule has 0 aromatic heterocycles. The molecular weight excluding hydrogens is 597 g/mol. The van der Waals surface area contributed by atoms with Crippen LogP contribution in [0.25, 0.3) is 6.08 Å². The summed E-state index contributed by atoms with van der Waals surface area (Å²) in [5.41, 5.74) is -0.891. The molecule has 0 bridgehead atoms. The molecular formula is C24H14BrF3N2O5S2. The van der Waals surface area contributed by atoms with Crippen LogP contribution >= 0.6 is 39.9 Å². The van der Waals surface area contributed by atoms with Crippen molar-refractivity contribution in [3.8, 4) is 17.2 Å². The van der Waals surface area contributed by atoms with Gasteiger partial charge in [-0.2, -0.15) is 13.2 Å². The third kappa shape index (κ3) is 5.63. The van der Waals surface area contributed by atoms with Crippen molar-refractivity contribution in [3.63, 3.8) is 0 Å². The summed E-state index contributed by atoms with van der Waals surface area (Å²) in [5.74, 6) is -0.0799. The van der Waals surface area contributed by atoms with Crippen molar-refractivity contribution < 1.29 is 32.4 Å². The number of rotatable bonds is 6. The number of carbonyl (C=O) groups is 1. The Morgan fingerprint density at radius 3 is 2.43 bits per heavy atom. The van der Waals surface area contributed by atoms with E-state index in [1.54, 1.807) is 42.5 Å². The van der Waals surface area contributed by atoms with Crippen LogP contribution in [0, 0.1) is 10.1 Å². The van der Waals surface area contributed by atoms with Gasteiger partial charge >= 0.3 is 11.9 Å². The minimum Gasteiger partial charge on any atom is -0.495 e. The van der Waals surface area contributed by atoms with Crippen LogP contribution in [0.2, 0.25) is 0 Å². The molecule has 37 heavy (non-hydrogen) atoms. The van der Waals surface area contributed by atoms with Crippen molar-refractivity contribution in [2.75, 3.05) is 12.0 Å². The van der Waals surface area contributed by atoms with Crippen LogP contribution in [0.5, 0.6) is 17.2 Å². The Morgan fingerprint density at radius 2 is 1.78 bits per heavy atom. The fourth-order valence-electron chi connectivity index (χ4n) is 3.37. The molecule has 1 saturated heterocycles. The summed E-state index contributed by atoms with van der Waals surface area (Å²) in [6.45, 7) is 0. The number of nitro benzene ring substituents is 1. The Kier molecular flexibility index (Phi) is 7.57. The van der Waals surface area contributed by atoms with Crippen LogP contribution in [-0.2, 0) is 11.0 Å². The summed E-state index contributed by atoms with van der Waals surface area (Å²) in [7, 11) is 1.49. The molecule has 13 heteroatoms. The summed E-state index contributed by atoms with van der Waals surface area (Å²) < 4.78 is 50.4. The maximum absolute atomic E-state index is 13.1. The minimum absolute atomic E-state index is 0.126. The number of para-hydroxylation sites is 2. The van der Waals surface area contributed by atoms with Crippen LogP contribution in [0.3, 0.4) is 0 Å². The predicted octanol–water partition coefficient (Wildman–Crippen LogP) is 7.58. The molecule has 4 rings (SSSR count). The van der Waals surface area contributed by atoms with Gasteiger partial charge in [0.15, 0.2) is 4.32 Å². The molecule has 1 heterocycles. The van der Waals surface area contributed by atoms with Crippen LogP contribution in [-0.4, -0.2) is 22.3 Å². The molecule has 7 nitrogen and oxygen atoms in total. The van der Waals surface area contributed by atoms with Crippen LogP contribution in [0.1, 0.15) is 11.1 Å². The van der Waals surface area contributed by atoms with Gasteiger partial charge in [0.1, 0.15) is 11.5 Å². The van der Waals surface area contributed by atoms with Gasteiger partial charge < -0.3 is 9.47 Å². The fraction of sp³-hybridized carbons (Fsp3) is 0.0833. The van der Waals surface area contributed by atoms with Crippen molar-refractivity contribution >= 4 is 67.6 Å². The van der Waals surface area contributed by atoms with E-state index in [4.69, 9.17) is 21.7 Å². The average Bonchev–Trinajstić information content (AvgIpc) is 3.12. The van der Waals surface area contributed by atoms with Gasteiger partial charge in [-0.05, 0) is 64.0 Å². The number of thioether (sulfide) groups is 1. The maximum Gasteiger partial charge on any atom is 0.416 e. The summed E-state index contributed by atoms with van der Waals surface area (Å²) in [4.78, 5) is 25.2. The smallest absolute Gasteiger partial charge is 0.416 e. The first-order valence-corrected chi connectivity index (χ1v) is 12.3. The number of nitrogens with zero attached hydrogens (tertiary/aromatic N) is 2. The highest BCUT2D eigenvalue weighted by Crippen LogP contribution is 2.42. The van der Waals surface area contributed by atoms with Gasteiger partial charge in [0.2, 0.25) is 5.75 Å². The van der Waals surface area contributed by atoms with Crippen LogP contribution in [0.4, 0.5) is 24.5 Å². The SMILES string of the molecule is COc1ccccc1N1C(=O)/C(=C\c2ccc(Oc3ccc(C(F)(F)F)cc3[N+](=O)[O-])c(Br)c2)SC1=S. The molecule has 1 aliphatic rings. The second-order valence-electron chi connectivity index (χ2n) is 7.42. The quantitative estimate of drug-likeness (QED) is 0.123. The first-order chi connectivity index (χ1) is 17.5. The Labute approximate surface area is 226 Å². The third-order valence-electron chi connectivity index (χ3n) is 5.08. The number of thiocarbonyl (C=S) groups is 1. The Hall–Kier alpha value is -3.42. The van der Waals surface area contributed by atoms with Crippen LogP contribution in [0.15, 0.2) is 70.0 Å². The second kappa shape index (κ2) is 10.5. The van der Waals surface area contributed by atoms with E-state index in [0.29, 0.717) is 42.8 Å². The number of methoxy groups -OCH3 is 1. The molecule has 0 atom stereocenters. The Balaban J connectivity index is 1.59.